The van der Waals surface area contributed by atoms with E-state index in [-0.39, 0.29) is 12.1 Å². The molecule has 0 saturated heterocycles. The number of rotatable bonds is 12. The van der Waals surface area contributed by atoms with Gasteiger partial charge in [0, 0.05) is 77.1 Å². The normalized spacial score (nSPS) is 20.5. The number of carbonyl (C=O) groups excluding carboxylic acids is 2. The first-order valence-electron chi connectivity index (χ1n) is 18.9. The summed E-state index contributed by atoms with van der Waals surface area (Å²) in [6.45, 7) is 3.26. The number of nitrogens with one attached hydrogen (secondary N) is 2. The zero-order chi connectivity index (χ0) is 33.9. The van der Waals surface area contributed by atoms with E-state index in [9.17, 15) is 9.59 Å². The minimum Gasteiger partial charge on any atom is -0.378 e. The van der Waals surface area contributed by atoms with Gasteiger partial charge in [0.25, 0.3) is 0 Å². The summed E-state index contributed by atoms with van der Waals surface area (Å²) in [4.78, 5) is 36.1. The first-order chi connectivity index (χ1) is 23.2. The molecule has 0 radical (unpaired) electrons. The SMILES string of the molecule is CN(C)c1ccc(NC(=O)N(CC2CCCCC2)C[C@H]2CCC[C@H](CN(CC3CCCCC3)C(=O)Nc3ccc(N(C)C)cc3)C2)cc1. The number of hydrogen-bond donors (Lipinski definition) is 2. The maximum Gasteiger partial charge on any atom is 0.321 e. The monoisotopic (exact) mass is 658 g/mol. The summed E-state index contributed by atoms with van der Waals surface area (Å²) >= 11 is 0. The van der Waals surface area contributed by atoms with Crippen LogP contribution in [-0.2, 0) is 0 Å². The molecule has 4 amide bonds. The second-order valence-corrected chi connectivity index (χ2v) is 15.5. The van der Waals surface area contributed by atoms with E-state index in [1.165, 1.54) is 64.2 Å². The van der Waals surface area contributed by atoms with Crippen molar-refractivity contribution in [2.45, 2.75) is 89.9 Å². The molecular formula is C40H62N6O2. The molecule has 2 aromatic rings. The molecule has 3 saturated carbocycles. The van der Waals surface area contributed by atoms with E-state index >= 15 is 0 Å². The Bertz CT molecular complexity index is 1170. The average Bonchev–Trinajstić information content (AvgIpc) is 3.09. The maximum absolute atomic E-state index is 13.8. The molecule has 264 valence electrons. The van der Waals surface area contributed by atoms with E-state index < -0.39 is 0 Å². The molecule has 3 aliphatic rings. The number of hydrogen-bond acceptors (Lipinski definition) is 4. The topological polar surface area (TPSA) is 71.2 Å². The van der Waals surface area contributed by atoms with Crippen molar-refractivity contribution in [2.75, 3.05) is 74.8 Å². The predicted molar refractivity (Wildman–Crippen MR) is 201 cm³/mol. The molecule has 8 nitrogen and oxygen atoms in total. The summed E-state index contributed by atoms with van der Waals surface area (Å²) < 4.78 is 0. The highest BCUT2D eigenvalue weighted by atomic mass is 16.2. The standard InChI is InChI=1S/C40H62N6O2/c1-43(2)37-22-18-35(19-23-37)41-39(47)45(27-31-12-7-5-8-13-31)29-33-16-11-17-34(26-33)30-46(28-32-14-9-6-10-15-32)40(48)42-36-20-24-38(25-21-36)44(3)4/h18-25,31-34H,5-17,26-30H2,1-4H3,(H,41,47)(H,42,48)/t33-,34-/m0/s1. The Hall–Kier alpha value is -3.42. The zero-order valence-corrected chi connectivity index (χ0v) is 30.3. The summed E-state index contributed by atoms with van der Waals surface area (Å²) in [6.07, 6.45) is 17.1. The van der Waals surface area contributed by atoms with Crippen LogP contribution in [0.15, 0.2) is 48.5 Å². The fourth-order valence-corrected chi connectivity index (χ4v) is 8.29. The lowest BCUT2D eigenvalue weighted by atomic mass is 9.80. The van der Waals surface area contributed by atoms with E-state index in [0.29, 0.717) is 23.7 Å². The molecule has 3 fully saturated rings. The smallest absolute Gasteiger partial charge is 0.321 e. The van der Waals surface area contributed by atoms with Crippen LogP contribution in [0, 0.1) is 23.7 Å². The van der Waals surface area contributed by atoms with Gasteiger partial charge in [-0.3, -0.25) is 0 Å². The third kappa shape index (κ3) is 10.8. The fourth-order valence-electron chi connectivity index (χ4n) is 8.29. The minimum absolute atomic E-state index is 0.0267. The summed E-state index contributed by atoms with van der Waals surface area (Å²) in [7, 11) is 8.12. The van der Waals surface area contributed by atoms with Crippen LogP contribution < -0.4 is 20.4 Å². The summed E-state index contributed by atoms with van der Waals surface area (Å²) in [5.41, 5.74) is 3.94. The van der Waals surface area contributed by atoms with Crippen molar-refractivity contribution >= 4 is 34.8 Å². The average molecular weight is 659 g/mol. The third-order valence-electron chi connectivity index (χ3n) is 11.1. The van der Waals surface area contributed by atoms with Crippen molar-refractivity contribution in [3.63, 3.8) is 0 Å². The highest BCUT2D eigenvalue weighted by Gasteiger charge is 2.31. The van der Waals surface area contributed by atoms with Crippen LogP contribution in [-0.4, -0.2) is 76.2 Å². The first-order valence-corrected chi connectivity index (χ1v) is 18.9. The van der Waals surface area contributed by atoms with E-state index in [1.54, 1.807) is 0 Å². The predicted octanol–water partition coefficient (Wildman–Crippen LogP) is 9.15. The second kappa shape index (κ2) is 17.8. The minimum atomic E-state index is 0.0267. The van der Waals surface area contributed by atoms with Crippen LogP contribution in [0.5, 0.6) is 0 Å². The van der Waals surface area contributed by atoms with E-state index in [0.717, 1.165) is 74.6 Å². The number of nitrogens with zero attached hydrogens (tertiary/aromatic N) is 4. The highest BCUT2D eigenvalue weighted by Crippen LogP contribution is 2.33. The fraction of sp³-hybridized carbons (Fsp3) is 0.650. The lowest BCUT2D eigenvalue weighted by Crippen LogP contribution is -2.45. The number of anilines is 4. The summed E-state index contributed by atoms with van der Waals surface area (Å²) in [5, 5.41) is 6.46. The molecule has 0 aliphatic heterocycles. The molecular weight excluding hydrogens is 596 g/mol. The molecule has 0 heterocycles. The summed E-state index contributed by atoms with van der Waals surface area (Å²) in [5.74, 6) is 2.07. The van der Waals surface area contributed by atoms with Crippen LogP contribution >= 0.6 is 0 Å². The Labute approximate surface area is 290 Å². The van der Waals surface area contributed by atoms with E-state index in [1.807, 2.05) is 52.5 Å². The van der Waals surface area contributed by atoms with Crippen LogP contribution in [0.25, 0.3) is 0 Å². The summed E-state index contributed by atoms with van der Waals surface area (Å²) in [6, 6.07) is 16.3. The molecule has 8 heteroatoms. The van der Waals surface area contributed by atoms with Gasteiger partial charge in [0.1, 0.15) is 0 Å². The van der Waals surface area contributed by atoms with Crippen LogP contribution in [0.4, 0.5) is 32.3 Å². The van der Waals surface area contributed by atoms with Gasteiger partial charge >= 0.3 is 12.1 Å². The Kier molecular flexibility index (Phi) is 13.3. The van der Waals surface area contributed by atoms with Crippen molar-refractivity contribution < 1.29 is 9.59 Å². The van der Waals surface area contributed by atoms with Crippen LogP contribution in [0.3, 0.4) is 0 Å². The third-order valence-corrected chi connectivity index (χ3v) is 11.1. The molecule has 3 aliphatic carbocycles. The van der Waals surface area contributed by atoms with Gasteiger partial charge in [0.15, 0.2) is 0 Å². The largest absolute Gasteiger partial charge is 0.378 e. The highest BCUT2D eigenvalue weighted by molar-refractivity contribution is 5.90. The lowest BCUT2D eigenvalue weighted by molar-refractivity contribution is 0.135. The van der Waals surface area contributed by atoms with E-state index in [4.69, 9.17) is 0 Å². The number of benzene rings is 2. The van der Waals surface area contributed by atoms with Gasteiger partial charge in [-0.2, -0.15) is 0 Å². The number of carbonyl (C=O) groups is 2. The number of amides is 4. The van der Waals surface area contributed by atoms with Gasteiger partial charge in [0.05, 0.1) is 0 Å². The zero-order valence-electron chi connectivity index (χ0n) is 30.3. The molecule has 0 bridgehead atoms. The van der Waals surface area contributed by atoms with Crippen molar-refractivity contribution in [3.05, 3.63) is 48.5 Å². The molecule has 2 aromatic carbocycles. The van der Waals surface area contributed by atoms with Crippen molar-refractivity contribution in [1.82, 2.24) is 9.80 Å². The van der Waals surface area contributed by atoms with Crippen molar-refractivity contribution in [2.24, 2.45) is 23.7 Å². The van der Waals surface area contributed by atoms with Crippen LogP contribution in [0.2, 0.25) is 0 Å². The van der Waals surface area contributed by atoms with Gasteiger partial charge < -0.3 is 30.2 Å². The van der Waals surface area contributed by atoms with Gasteiger partial charge in [-0.15, -0.1) is 0 Å². The molecule has 0 aromatic heterocycles. The molecule has 0 spiro atoms. The lowest BCUT2D eigenvalue weighted by Gasteiger charge is -2.38. The van der Waals surface area contributed by atoms with Gasteiger partial charge in [-0.05, 0) is 117 Å². The van der Waals surface area contributed by atoms with Crippen molar-refractivity contribution in [1.29, 1.82) is 0 Å². The van der Waals surface area contributed by atoms with Gasteiger partial charge in [-0.1, -0.05) is 44.9 Å². The Morgan fingerprint density at radius 3 is 1.19 bits per heavy atom. The molecule has 48 heavy (non-hydrogen) atoms. The Balaban J connectivity index is 1.23. The number of urea groups is 2. The molecule has 2 atom stereocenters. The molecule has 0 unspecified atom stereocenters. The molecule has 5 rings (SSSR count). The van der Waals surface area contributed by atoms with Gasteiger partial charge in [0.2, 0.25) is 0 Å². The first kappa shape index (κ1) is 35.9. The Morgan fingerprint density at radius 1 is 0.500 bits per heavy atom. The second-order valence-electron chi connectivity index (χ2n) is 15.5. The molecule has 2 N–H and O–H groups in total. The maximum atomic E-state index is 13.8. The van der Waals surface area contributed by atoms with Gasteiger partial charge in [-0.25, -0.2) is 9.59 Å². The quantitative estimate of drug-likeness (QED) is 0.239. The van der Waals surface area contributed by atoms with Crippen molar-refractivity contribution in [3.8, 4) is 0 Å². The Morgan fingerprint density at radius 2 is 0.833 bits per heavy atom. The van der Waals surface area contributed by atoms with Crippen LogP contribution in [0.1, 0.15) is 89.9 Å². The van der Waals surface area contributed by atoms with E-state index in [2.05, 4.69) is 54.5 Å².